The van der Waals surface area contributed by atoms with Crippen LogP contribution in [-0.2, 0) is 17.5 Å². The molecule has 7 heteroatoms. The van der Waals surface area contributed by atoms with Crippen LogP contribution in [-0.4, -0.2) is 25.2 Å². The molecule has 0 aromatic heterocycles. The molecule has 1 aliphatic rings. The second-order valence-electron chi connectivity index (χ2n) is 6.30. The van der Waals surface area contributed by atoms with Gasteiger partial charge in [0.05, 0.1) is 5.56 Å². The number of nitrogens with zero attached hydrogens (tertiary/aromatic N) is 2. The number of halogens is 3. The summed E-state index contributed by atoms with van der Waals surface area (Å²) in [5.41, 5.74) is 7.28. The van der Waals surface area contributed by atoms with Crippen molar-refractivity contribution in [2.24, 2.45) is 10.7 Å². The SMILES string of the molecule is Cc1cc(C(F)(F)F)ccc1N(Cc1ccccc1)C[C@H]1COC(N)=N1. The van der Waals surface area contributed by atoms with Gasteiger partial charge in [0.15, 0.2) is 0 Å². The molecule has 0 aliphatic carbocycles. The van der Waals surface area contributed by atoms with Crippen molar-refractivity contribution in [2.75, 3.05) is 18.1 Å². The monoisotopic (exact) mass is 363 g/mol. The number of nitrogens with two attached hydrogens (primary N) is 1. The summed E-state index contributed by atoms with van der Waals surface area (Å²) in [5.74, 6) is 0. The van der Waals surface area contributed by atoms with Gasteiger partial charge < -0.3 is 15.4 Å². The van der Waals surface area contributed by atoms with Gasteiger partial charge in [-0.05, 0) is 36.2 Å². The van der Waals surface area contributed by atoms with Gasteiger partial charge in [-0.25, -0.2) is 4.99 Å². The molecule has 0 radical (unpaired) electrons. The van der Waals surface area contributed by atoms with E-state index in [0.29, 0.717) is 25.3 Å². The first-order valence-electron chi connectivity index (χ1n) is 8.26. The number of hydrogen-bond acceptors (Lipinski definition) is 4. The Balaban J connectivity index is 1.89. The number of aryl methyl sites for hydroxylation is 1. The fourth-order valence-electron chi connectivity index (χ4n) is 3.02. The molecule has 0 saturated carbocycles. The zero-order valence-electron chi connectivity index (χ0n) is 14.3. The van der Waals surface area contributed by atoms with E-state index in [4.69, 9.17) is 10.5 Å². The summed E-state index contributed by atoms with van der Waals surface area (Å²) in [6, 6.07) is 13.6. The maximum atomic E-state index is 13.0. The summed E-state index contributed by atoms with van der Waals surface area (Å²) in [6.45, 7) is 3.11. The van der Waals surface area contributed by atoms with Crippen LogP contribution in [0.2, 0.25) is 0 Å². The summed E-state index contributed by atoms with van der Waals surface area (Å²) in [5, 5.41) is 0. The highest BCUT2D eigenvalue weighted by Gasteiger charge is 2.31. The van der Waals surface area contributed by atoms with E-state index in [2.05, 4.69) is 4.99 Å². The number of alkyl halides is 3. The van der Waals surface area contributed by atoms with Crippen molar-refractivity contribution in [2.45, 2.75) is 25.7 Å². The average molecular weight is 363 g/mol. The minimum atomic E-state index is -4.36. The van der Waals surface area contributed by atoms with E-state index in [9.17, 15) is 13.2 Å². The molecule has 2 N–H and O–H groups in total. The molecule has 0 amide bonds. The fraction of sp³-hybridized carbons (Fsp3) is 0.316. The highest BCUT2D eigenvalue weighted by molar-refractivity contribution is 5.73. The zero-order valence-corrected chi connectivity index (χ0v) is 14.3. The van der Waals surface area contributed by atoms with Gasteiger partial charge in [0.1, 0.15) is 12.6 Å². The molecule has 1 aliphatic heterocycles. The van der Waals surface area contributed by atoms with Crippen molar-refractivity contribution in [1.82, 2.24) is 0 Å². The van der Waals surface area contributed by atoms with E-state index in [1.165, 1.54) is 12.1 Å². The van der Waals surface area contributed by atoms with Crippen molar-refractivity contribution in [3.05, 3.63) is 65.2 Å². The second-order valence-corrected chi connectivity index (χ2v) is 6.30. The molecule has 1 heterocycles. The Morgan fingerprint density at radius 3 is 2.50 bits per heavy atom. The third-order valence-electron chi connectivity index (χ3n) is 4.25. The van der Waals surface area contributed by atoms with E-state index < -0.39 is 11.7 Å². The van der Waals surface area contributed by atoms with Crippen LogP contribution in [0.3, 0.4) is 0 Å². The molecule has 2 aromatic carbocycles. The van der Waals surface area contributed by atoms with Crippen LogP contribution in [0.15, 0.2) is 53.5 Å². The lowest BCUT2D eigenvalue weighted by Crippen LogP contribution is -2.32. The number of ether oxygens (including phenoxy) is 1. The van der Waals surface area contributed by atoms with E-state index in [-0.39, 0.29) is 12.1 Å². The molecule has 3 rings (SSSR count). The third kappa shape index (κ3) is 4.28. The van der Waals surface area contributed by atoms with Crippen LogP contribution >= 0.6 is 0 Å². The minimum absolute atomic E-state index is 0.152. The number of amidine groups is 1. The van der Waals surface area contributed by atoms with Gasteiger partial charge in [-0.3, -0.25) is 0 Å². The van der Waals surface area contributed by atoms with E-state index in [1.54, 1.807) is 6.92 Å². The Labute approximate surface area is 150 Å². The summed E-state index contributed by atoms with van der Waals surface area (Å²) < 4.78 is 44.1. The molecule has 0 spiro atoms. The Hall–Kier alpha value is -2.70. The second kappa shape index (κ2) is 7.27. The van der Waals surface area contributed by atoms with E-state index >= 15 is 0 Å². The highest BCUT2D eigenvalue weighted by atomic mass is 19.4. The molecule has 1 atom stereocenters. The molecule has 0 unspecified atom stereocenters. The number of aliphatic imine (C=N–C) groups is 1. The van der Waals surface area contributed by atoms with Crippen LogP contribution in [0.25, 0.3) is 0 Å². The van der Waals surface area contributed by atoms with Crippen LogP contribution < -0.4 is 10.6 Å². The molecule has 4 nitrogen and oxygen atoms in total. The number of hydrogen-bond donors (Lipinski definition) is 1. The van der Waals surface area contributed by atoms with Gasteiger partial charge in [-0.15, -0.1) is 0 Å². The first-order valence-corrected chi connectivity index (χ1v) is 8.26. The maximum Gasteiger partial charge on any atom is 0.416 e. The zero-order chi connectivity index (χ0) is 18.7. The van der Waals surface area contributed by atoms with Gasteiger partial charge in [0, 0.05) is 18.8 Å². The molecular formula is C19H20F3N3O. The van der Waals surface area contributed by atoms with E-state index in [1.807, 2.05) is 35.2 Å². The van der Waals surface area contributed by atoms with Crippen molar-refractivity contribution >= 4 is 11.7 Å². The first-order chi connectivity index (χ1) is 12.3. The molecule has 138 valence electrons. The van der Waals surface area contributed by atoms with E-state index in [0.717, 1.165) is 17.3 Å². The third-order valence-corrected chi connectivity index (χ3v) is 4.25. The lowest BCUT2D eigenvalue weighted by Gasteiger charge is -2.28. The molecule has 0 saturated heterocycles. The Bertz CT molecular complexity index is 790. The summed E-state index contributed by atoms with van der Waals surface area (Å²) >= 11 is 0. The topological polar surface area (TPSA) is 50.9 Å². The molecule has 0 bridgehead atoms. The molecule has 0 fully saturated rings. The molecule has 2 aromatic rings. The predicted octanol–water partition coefficient (Wildman–Crippen LogP) is 3.73. The van der Waals surface area contributed by atoms with Crippen LogP contribution in [0, 0.1) is 6.92 Å². The standard InChI is InChI=1S/C19H20F3N3O/c1-13-9-15(19(20,21)22)7-8-17(13)25(10-14-5-3-2-4-6-14)11-16-12-26-18(23)24-16/h2-9,16H,10-12H2,1H3,(H2,23,24)/t16-/m0/s1. The smallest absolute Gasteiger partial charge is 0.416 e. The Kier molecular flexibility index (Phi) is 5.06. The van der Waals surface area contributed by atoms with Crippen LogP contribution in [0.5, 0.6) is 0 Å². The van der Waals surface area contributed by atoms with Gasteiger partial charge >= 0.3 is 6.18 Å². The normalized spacial score (nSPS) is 16.9. The molecular weight excluding hydrogens is 343 g/mol. The van der Waals surface area contributed by atoms with Crippen LogP contribution in [0.4, 0.5) is 18.9 Å². The van der Waals surface area contributed by atoms with Crippen molar-refractivity contribution < 1.29 is 17.9 Å². The van der Waals surface area contributed by atoms with Gasteiger partial charge in [0.2, 0.25) is 0 Å². The Morgan fingerprint density at radius 2 is 1.92 bits per heavy atom. The average Bonchev–Trinajstić information content (AvgIpc) is 2.99. The number of anilines is 1. The van der Waals surface area contributed by atoms with Gasteiger partial charge in [-0.2, -0.15) is 13.2 Å². The first kappa shape index (κ1) is 18.1. The lowest BCUT2D eigenvalue weighted by molar-refractivity contribution is -0.137. The lowest BCUT2D eigenvalue weighted by atomic mass is 10.1. The predicted molar refractivity (Wildman–Crippen MR) is 95.0 cm³/mol. The summed E-state index contributed by atoms with van der Waals surface area (Å²) in [4.78, 5) is 6.25. The van der Waals surface area contributed by atoms with Crippen LogP contribution in [0.1, 0.15) is 16.7 Å². The summed E-state index contributed by atoms with van der Waals surface area (Å²) in [7, 11) is 0. The maximum absolute atomic E-state index is 13.0. The minimum Gasteiger partial charge on any atom is -0.463 e. The number of rotatable bonds is 5. The number of benzene rings is 2. The quantitative estimate of drug-likeness (QED) is 0.881. The largest absolute Gasteiger partial charge is 0.463 e. The highest BCUT2D eigenvalue weighted by Crippen LogP contribution is 2.33. The molecule has 26 heavy (non-hydrogen) atoms. The van der Waals surface area contributed by atoms with Crippen molar-refractivity contribution in [3.8, 4) is 0 Å². The Morgan fingerprint density at radius 1 is 1.19 bits per heavy atom. The summed E-state index contributed by atoms with van der Waals surface area (Å²) in [6.07, 6.45) is -4.36. The fourth-order valence-corrected chi connectivity index (χ4v) is 3.02. The van der Waals surface area contributed by atoms with Crippen molar-refractivity contribution in [1.29, 1.82) is 0 Å². The van der Waals surface area contributed by atoms with Gasteiger partial charge in [0.25, 0.3) is 6.02 Å². The van der Waals surface area contributed by atoms with Gasteiger partial charge in [-0.1, -0.05) is 30.3 Å². The van der Waals surface area contributed by atoms with Crippen molar-refractivity contribution in [3.63, 3.8) is 0 Å².